The summed E-state index contributed by atoms with van der Waals surface area (Å²) in [5.41, 5.74) is 12.2. The van der Waals surface area contributed by atoms with E-state index in [1.165, 1.54) is 82.4 Å². The van der Waals surface area contributed by atoms with Gasteiger partial charge < -0.3 is 0 Å². The highest BCUT2D eigenvalue weighted by atomic mass is 14.6. The van der Waals surface area contributed by atoms with Crippen LogP contribution in [0.4, 0.5) is 0 Å². The van der Waals surface area contributed by atoms with Crippen molar-refractivity contribution >= 4 is 32.3 Å². The Morgan fingerprint density at radius 1 is 0.364 bits per heavy atom. The number of benzene rings is 7. The largest absolute Gasteiger partial charge is 0.262 e. The standard InChI is InChI=1S/C43H31N/c1-28-20-22-30(23-21-28)34-16-8-18-36-35(34)17-9-19-37(36)43-40-14-5-3-12-38(40)42(39-13-4-6-15-41(39)43)33-11-7-10-31(27-33)32-24-25-44-29(2)26-32/h3-27H,1-2H3. The van der Waals surface area contributed by atoms with Gasteiger partial charge in [-0.3, -0.25) is 4.98 Å². The quantitative estimate of drug-likeness (QED) is 0.195. The summed E-state index contributed by atoms with van der Waals surface area (Å²) in [7, 11) is 0. The third-order valence-electron chi connectivity index (χ3n) is 8.87. The number of hydrogen-bond acceptors (Lipinski definition) is 1. The fourth-order valence-corrected chi connectivity index (χ4v) is 6.82. The number of aromatic nitrogens is 1. The van der Waals surface area contributed by atoms with Crippen LogP contribution in [0.25, 0.3) is 76.8 Å². The van der Waals surface area contributed by atoms with Crippen molar-refractivity contribution in [1.82, 2.24) is 4.98 Å². The molecular formula is C43H31N. The van der Waals surface area contributed by atoms with Crippen LogP contribution >= 0.6 is 0 Å². The Balaban J connectivity index is 1.42. The van der Waals surface area contributed by atoms with E-state index in [2.05, 4.69) is 158 Å². The van der Waals surface area contributed by atoms with E-state index >= 15 is 0 Å². The van der Waals surface area contributed by atoms with Crippen molar-refractivity contribution in [3.8, 4) is 44.5 Å². The summed E-state index contributed by atoms with van der Waals surface area (Å²) in [4.78, 5) is 4.41. The van der Waals surface area contributed by atoms with Gasteiger partial charge in [-0.2, -0.15) is 0 Å². The lowest BCUT2D eigenvalue weighted by atomic mass is 9.84. The third kappa shape index (κ3) is 4.37. The summed E-state index contributed by atoms with van der Waals surface area (Å²) in [6.07, 6.45) is 1.89. The topological polar surface area (TPSA) is 12.9 Å². The molecule has 0 spiro atoms. The Morgan fingerprint density at radius 3 is 1.55 bits per heavy atom. The number of fused-ring (bicyclic) bond motifs is 3. The lowest BCUT2D eigenvalue weighted by Gasteiger charge is -2.19. The summed E-state index contributed by atoms with van der Waals surface area (Å²) in [5, 5.41) is 7.58. The Kier molecular flexibility index (Phi) is 6.31. The van der Waals surface area contributed by atoms with E-state index in [9.17, 15) is 0 Å². The van der Waals surface area contributed by atoms with Gasteiger partial charge in [-0.1, -0.05) is 133 Å². The highest BCUT2D eigenvalue weighted by molar-refractivity contribution is 6.24. The molecule has 44 heavy (non-hydrogen) atoms. The van der Waals surface area contributed by atoms with Crippen LogP contribution in [0, 0.1) is 13.8 Å². The number of hydrogen-bond donors (Lipinski definition) is 0. The Labute approximate surface area is 258 Å². The van der Waals surface area contributed by atoms with Crippen LogP contribution in [0.2, 0.25) is 0 Å². The van der Waals surface area contributed by atoms with Crippen LogP contribution in [0.5, 0.6) is 0 Å². The Bertz CT molecular complexity index is 2290. The van der Waals surface area contributed by atoms with Gasteiger partial charge in [-0.25, -0.2) is 0 Å². The molecule has 0 amide bonds. The number of pyridine rings is 1. The predicted octanol–water partition coefficient (Wildman–Crippen LogP) is 11.8. The van der Waals surface area contributed by atoms with E-state index < -0.39 is 0 Å². The first kappa shape index (κ1) is 26.1. The average molecular weight is 562 g/mol. The van der Waals surface area contributed by atoms with Crippen LogP contribution in [-0.4, -0.2) is 4.98 Å². The van der Waals surface area contributed by atoms with Gasteiger partial charge in [0.15, 0.2) is 0 Å². The first-order valence-electron chi connectivity index (χ1n) is 15.2. The van der Waals surface area contributed by atoms with Crippen LogP contribution < -0.4 is 0 Å². The minimum atomic E-state index is 1.02. The summed E-state index contributed by atoms with van der Waals surface area (Å²) >= 11 is 0. The zero-order chi connectivity index (χ0) is 29.6. The summed E-state index contributed by atoms with van der Waals surface area (Å²) < 4.78 is 0. The lowest BCUT2D eigenvalue weighted by Crippen LogP contribution is -1.92. The summed E-state index contributed by atoms with van der Waals surface area (Å²) in [6, 6.07) is 53.4. The third-order valence-corrected chi connectivity index (χ3v) is 8.87. The molecule has 8 aromatic rings. The molecule has 0 N–H and O–H groups in total. The first-order valence-corrected chi connectivity index (χ1v) is 15.2. The van der Waals surface area contributed by atoms with E-state index in [-0.39, 0.29) is 0 Å². The molecule has 1 aromatic heterocycles. The van der Waals surface area contributed by atoms with E-state index in [1.54, 1.807) is 0 Å². The number of rotatable bonds is 4. The molecule has 0 aliphatic carbocycles. The molecule has 1 heterocycles. The highest BCUT2D eigenvalue weighted by Crippen LogP contribution is 2.46. The second-order valence-corrected chi connectivity index (χ2v) is 11.7. The van der Waals surface area contributed by atoms with Crippen molar-refractivity contribution in [1.29, 1.82) is 0 Å². The minimum absolute atomic E-state index is 1.02. The number of nitrogens with zero attached hydrogens (tertiary/aromatic N) is 1. The zero-order valence-corrected chi connectivity index (χ0v) is 24.9. The van der Waals surface area contributed by atoms with Gasteiger partial charge in [-0.15, -0.1) is 0 Å². The highest BCUT2D eigenvalue weighted by Gasteiger charge is 2.18. The monoisotopic (exact) mass is 561 g/mol. The van der Waals surface area contributed by atoms with E-state index in [4.69, 9.17) is 0 Å². The van der Waals surface area contributed by atoms with Crippen LogP contribution in [0.1, 0.15) is 11.3 Å². The molecule has 0 bridgehead atoms. The SMILES string of the molecule is Cc1ccc(-c2cccc3c(-c4c5ccccc5c(-c5cccc(-c6ccnc(C)c6)c5)c5ccccc45)cccc23)cc1. The Hall–Kier alpha value is -5.53. The van der Waals surface area contributed by atoms with Gasteiger partial charge in [0.2, 0.25) is 0 Å². The van der Waals surface area contributed by atoms with Gasteiger partial charge in [0.1, 0.15) is 0 Å². The molecule has 0 unspecified atom stereocenters. The second-order valence-electron chi connectivity index (χ2n) is 11.7. The molecule has 0 atom stereocenters. The van der Waals surface area contributed by atoms with Gasteiger partial charge >= 0.3 is 0 Å². The maximum atomic E-state index is 4.41. The van der Waals surface area contributed by atoms with Gasteiger partial charge in [0, 0.05) is 11.9 Å². The van der Waals surface area contributed by atoms with Crippen molar-refractivity contribution in [3.63, 3.8) is 0 Å². The van der Waals surface area contributed by atoms with Crippen molar-refractivity contribution in [2.75, 3.05) is 0 Å². The first-order chi connectivity index (χ1) is 21.7. The molecule has 0 fully saturated rings. The fourth-order valence-electron chi connectivity index (χ4n) is 6.82. The molecule has 0 saturated heterocycles. The normalized spacial score (nSPS) is 11.4. The molecule has 1 nitrogen and oxygen atoms in total. The van der Waals surface area contributed by atoms with Crippen LogP contribution in [0.15, 0.2) is 152 Å². The average Bonchev–Trinajstić information content (AvgIpc) is 3.07. The van der Waals surface area contributed by atoms with Crippen molar-refractivity contribution in [2.24, 2.45) is 0 Å². The molecule has 0 radical (unpaired) electrons. The predicted molar refractivity (Wildman–Crippen MR) is 188 cm³/mol. The van der Waals surface area contributed by atoms with Gasteiger partial charge in [0.25, 0.3) is 0 Å². The smallest absolute Gasteiger partial charge is 0.0378 e. The van der Waals surface area contributed by atoms with Crippen LogP contribution in [0.3, 0.4) is 0 Å². The minimum Gasteiger partial charge on any atom is -0.262 e. The second kappa shape index (κ2) is 10.6. The van der Waals surface area contributed by atoms with Gasteiger partial charge in [0.05, 0.1) is 0 Å². The molecule has 1 heteroatoms. The lowest BCUT2D eigenvalue weighted by molar-refractivity contribution is 1.20. The maximum absolute atomic E-state index is 4.41. The molecule has 0 aliphatic rings. The zero-order valence-electron chi connectivity index (χ0n) is 24.9. The number of aryl methyl sites for hydroxylation is 2. The molecule has 7 aromatic carbocycles. The fraction of sp³-hybridized carbons (Fsp3) is 0.0465. The van der Waals surface area contributed by atoms with Crippen molar-refractivity contribution < 1.29 is 0 Å². The molecule has 0 aliphatic heterocycles. The maximum Gasteiger partial charge on any atom is 0.0378 e. The van der Waals surface area contributed by atoms with Crippen molar-refractivity contribution in [2.45, 2.75) is 13.8 Å². The molecule has 8 rings (SSSR count). The Morgan fingerprint density at radius 2 is 0.886 bits per heavy atom. The molecule has 0 saturated carbocycles. The van der Waals surface area contributed by atoms with E-state index in [1.807, 2.05) is 13.1 Å². The molecule has 208 valence electrons. The summed E-state index contributed by atoms with van der Waals surface area (Å²) in [5.74, 6) is 0. The van der Waals surface area contributed by atoms with Gasteiger partial charge in [-0.05, 0) is 109 Å². The summed E-state index contributed by atoms with van der Waals surface area (Å²) in [6.45, 7) is 4.19. The molecular weight excluding hydrogens is 530 g/mol. The van der Waals surface area contributed by atoms with E-state index in [0.29, 0.717) is 0 Å². The van der Waals surface area contributed by atoms with Crippen LogP contribution in [-0.2, 0) is 0 Å². The van der Waals surface area contributed by atoms with E-state index in [0.717, 1.165) is 5.69 Å². The van der Waals surface area contributed by atoms with Crippen molar-refractivity contribution in [3.05, 3.63) is 163 Å².